The summed E-state index contributed by atoms with van der Waals surface area (Å²) in [7, 11) is 1.64. The number of ether oxygens (including phenoxy) is 1. The molecule has 0 aliphatic carbocycles. The van der Waals surface area contributed by atoms with Crippen molar-refractivity contribution in [3.8, 4) is 6.07 Å². The quantitative estimate of drug-likeness (QED) is 0.725. The topological polar surface area (TPSA) is 62.0 Å². The number of nitrogens with zero attached hydrogens (tertiary/aromatic N) is 4. The van der Waals surface area contributed by atoms with E-state index < -0.39 is 0 Å². The molecule has 0 amide bonds. The summed E-state index contributed by atoms with van der Waals surface area (Å²) in [6.45, 7) is 3.71. The van der Waals surface area contributed by atoms with E-state index in [0.717, 1.165) is 11.5 Å². The molecule has 0 saturated heterocycles. The van der Waals surface area contributed by atoms with Crippen LogP contribution in [0.2, 0.25) is 5.28 Å². The van der Waals surface area contributed by atoms with Crippen LogP contribution in [0.1, 0.15) is 12.1 Å². The fraction of sp³-hybridized carbons (Fsp3) is 0.545. The molecule has 0 N–H and O–H groups in total. The van der Waals surface area contributed by atoms with E-state index in [9.17, 15) is 0 Å². The van der Waals surface area contributed by atoms with Crippen LogP contribution in [-0.2, 0) is 4.74 Å². The normalized spacial score (nSPS) is 10.0. The van der Waals surface area contributed by atoms with Crippen LogP contribution in [0.4, 0.5) is 5.82 Å². The molecule has 6 heteroatoms. The summed E-state index contributed by atoms with van der Waals surface area (Å²) in [5.74, 6) is 0.731. The van der Waals surface area contributed by atoms with E-state index in [1.54, 1.807) is 7.11 Å². The van der Waals surface area contributed by atoms with Gasteiger partial charge in [-0.05, 0) is 18.5 Å². The van der Waals surface area contributed by atoms with Gasteiger partial charge in [-0.3, -0.25) is 0 Å². The maximum absolute atomic E-state index is 8.63. The summed E-state index contributed by atoms with van der Waals surface area (Å²) in [4.78, 5) is 10.1. The molecule has 1 aromatic rings. The Kier molecular flexibility index (Phi) is 5.67. The molecule has 5 nitrogen and oxygen atoms in total. The summed E-state index contributed by atoms with van der Waals surface area (Å²) in [6.07, 6.45) is 0.435. The van der Waals surface area contributed by atoms with Gasteiger partial charge in [0.15, 0.2) is 0 Å². The number of hydrogen-bond acceptors (Lipinski definition) is 5. The third-order valence-electron chi connectivity index (χ3n) is 2.20. The number of methoxy groups -OCH3 is 1. The molecule has 17 heavy (non-hydrogen) atoms. The molecule has 0 spiro atoms. The third kappa shape index (κ3) is 4.55. The van der Waals surface area contributed by atoms with Gasteiger partial charge in [0.25, 0.3) is 0 Å². The largest absolute Gasteiger partial charge is 0.383 e. The van der Waals surface area contributed by atoms with Crippen LogP contribution < -0.4 is 4.90 Å². The van der Waals surface area contributed by atoms with Gasteiger partial charge in [0.2, 0.25) is 5.28 Å². The van der Waals surface area contributed by atoms with Crippen LogP contribution in [0.15, 0.2) is 6.07 Å². The number of halogens is 1. The van der Waals surface area contributed by atoms with Gasteiger partial charge in [0, 0.05) is 32.0 Å². The second-order valence-corrected chi connectivity index (χ2v) is 3.86. The molecular weight excluding hydrogens is 240 g/mol. The zero-order valence-electron chi connectivity index (χ0n) is 9.98. The first-order valence-electron chi connectivity index (χ1n) is 5.29. The Morgan fingerprint density at radius 2 is 2.24 bits per heavy atom. The maximum Gasteiger partial charge on any atom is 0.224 e. The lowest BCUT2D eigenvalue weighted by atomic mass is 10.3. The number of anilines is 1. The second kappa shape index (κ2) is 7.05. The molecule has 0 fully saturated rings. The van der Waals surface area contributed by atoms with Crippen molar-refractivity contribution in [3.05, 3.63) is 17.0 Å². The maximum atomic E-state index is 8.63. The molecule has 1 heterocycles. The van der Waals surface area contributed by atoms with Gasteiger partial charge in [-0.15, -0.1) is 0 Å². The first-order valence-corrected chi connectivity index (χ1v) is 5.67. The zero-order valence-corrected chi connectivity index (χ0v) is 10.7. The van der Waals surface area contributed by atoms with Crippen molar-refractivity contribution in [3.63, 3.8) is 0 Å². The minimum atomic E-state index is 0.222. The predicted octanol–water partition coefficient (Wildman–Crippen LogP) is 1.80. The Morgan fingerprint density at radius 3 is 2.82 bits per heavy atom. The summed E-state index contributed by atoms with van der Waals surface area (Å²) in [6, 6.07) is 3.96. The van der Waals surface area contributed by atoms with Gasteiger partial charge in [-0.1, -0.05) is 0 Å². The monoisotopic (exact) mass is 254 g/mol. The Balaban J connectivity index is 2.83. The van der Waals surface area contributed by atoms with E-state index in [1.165, 1.54) is 0 Å². The molecule has 0 bridgehead atoms. The molecule has 1 rings (SSSR count). The van der Waals surface area contributed by atoms with Crippen molar-refractivity contribution in [2.24, 2.45) is 0 Å². The Labute approximate surface area is 106 Å². The van der Waals surface area contributed by atoms with Crippen LogP contribution in [0.3, 0.4) is 0 Å². The van der Waals surface area contributed by atoms with Crippen molar-refractivity contribution in [2.45, 2.75) is 13.3 Å². The fourth-order valence-corrected chi connectivity index (χ4v) is 1.63. The number of hydrogen-bond donors (Lipinski definition) is 0. The van der Waals surface area contributed by atoms with Gasteiger partial charge in [-0.25, -0.2) is 9.97 Å². The highest BCUT2D eigenvalue weighted by atomic mass is 35.5. The van der Waals surface area contributed by atoms with E-state index in [4.69, 9.17) is 21.6 Å². The SMILES string of the molecule is COCCN(CCC#N)c1cc(C)nc(Cl)n1. The highest BCUT2D eigenvalue weighted by molar-refractivity contribution is 6.28. The average Bonchev–Trinajstić information content (AvgIpc) is 2.28. The second-order valence-electron chi connectivity index (χ2n) is 3.52. The van der Waals surface area contributed by atoms with Crippen molar-refractivity contribution >= 4 is 17.4 Å². The van der Waals surface area contributed by atoms with Gasteiger partial charge in [0.1, 0.15) is 5.82 Å². The highest BCUT2D eigenvalue weighted by Crippen LogP contribution is 2.15. The first kappa shape index (κ1) is 13.7. The number of nitriles is 1. The first-order chi connectivity index (χ1) is 8.17. The average molecular weight is 255 g/mol. The van der Waals surface area contributed by atoms with E-state index in [2.05, 4.69) is 16.0 Å². The molecular formula is C11H15ClN4O. The summed E-state index contributed by atoms with van der Waals surface area (Å²) >= 11 is 5.82. The molecule has 0 unspecified atom stereocenters. The summed E-state index contributed by atoms with van der Waals surface area (Å²) in [5, 5.41) is 8.85. The molecule has 1 aromatic heterocycles. The summed E-state index contributed by atoms with van der Waals surface area (Å²) in [5.41, 5.74) is 0.805. The third-order valence-corrected chi connectivity index (χ3v) is 2.37. The van der Waals surface area contributed by atoms with Crippen LogP contribution in [-0.4, -0.2) is 36.8 Å². The van der Waals surface area contributed by atoms with Crippen molar-refractivity contribution in [1.82, 2.24) is 9.97 Å². The van der Waals surface area contributed by atoms with Crippen LogP contribution in [0.25, 0.3) is 0 Å². The van der Waals surface area contributed by atoms with Crippen LogP contribution >= 0.6 is 11.6 Å². The van der Waals surface area contributed by atoms with E-state index in [-0.39, 0.29) is 5.28 Å². The Hall–Kier alpha value is -1.38. The Bertz CT molecular complexity index is 385. The van der Waals surface area contributed by atoms with E-state index >= 15 is 0 Å². The molecule has 0 saturated carbocycles. The van der Waals surface area contributed by atoms with Crippen LogP contribution in [0.5, 0.6) is 0 Å². The van der Waals surface area contributed by atoms with Gasteiger partial charge < -0.3 is 9.64 Å². The summed E-state index contributed by atoms with van der Waals surface area (Å²) < 4.78 is 5.03. The van der Waals surface area contributed by atoms with Crippen molar-refractivity contribution in [1.29, 1.82) is 5.26 Å². The standard InChI is InChI=1S/C11H15ClN4O/c1-9-8-10(15-11(12)14-9)16(5-3-4-13)6-7-17-2/h8H,3,5-7H2,1-2H3. The van der Waals surface area contributed by atoms with Crippen LogP contribution in [0, 0.1) is 18.3 Å². The minimum Gasteiger partial charge on any atom is -0.383 e. The fourth-order valence-electron chi connectivity index (χ4n) is 1.41. The van der Waals surface area contributed by atoms with Crippen molar-refractivity contribution in [2.75, 3.05) is 31.7 Å². The zero-order chi connectivity index (χ0) is 12.7. The van der Waals surface area contributed by atoms with E-state index in [0.29, 0.717) is 26.1 Å². The van der Waals surface area contributed by atoms with E-state index in [1.807, 2.05) is 17.9 Å². The highest BCUT2D eigenvalue weighted by Gasteiger charge is 2.09. The number of aromatic nitrogens is 2. The van der Waals surface area contributed by atoms with Gasteiger partial charge in [0.05, 0.1) is 19.1 Å². The molecule has 0 atom stereocenters. The Morgan fingerprint density at radius 1 is 1.47 bits per heavy atom. The lowest BCUT2D eigenvalue weighted by Crippen LogP contribution is -2.29. The molecule has 0 aliphatic rings. The van der Waals surface area contributed by atoms with Crippen molar-refractivity contribution < 1.29 is 4.74 Å². The molecule has 92 valence electrons. The van der Waals surface area contributed by atoms with Gasteiger partial charge >= 0.3 is 0 Å². The molecule has 0 radical (unpaired) electrons. The van der Waals surface area contributed by atoms with Gasteiger partial charge in [-0.2, -0.15) is 5.26 Å². The number of rotatable bonds is 6. The number of aryl methyl sites for hydroxylation is 1. The smallest absolute Gasteiger partial charge is 0.224 e. The molecule has 0 aromatic carbocycles. The lowest BCUT2D eigenvalue weighted by molar-refractivity contribution is 0.205. The predicted molar refractivity (Wildman–Crippen MR) is 66.1 cm³/mol. The molecule has 0 aliphatic heterocycles. The minimum absolute atomic E-state index is 0.222. The lowest BCUT2D eigenvalue weighted by Gasteiger charge is -2.22.